The molecule has 2 amide bonds. The van der Waals surface area contributed by atoms with Crippen molar-refractivity contribution in [1.82, 2.24) is 4.90 Å². The van der Waals surface area contributed by atoms with Crippen LogP contribution in [0.25, 0.3) is 0 Å². The third-order valence-electron chi connectivity index (χ3n) is 5.19. The molecule has 0 saturated carbocycles. The van der Waals surface area contributed by atoms with Crippen LogP contribution in [0.4, 0.5) is 5.69 Å². The first kappa shape index (κ1) is 22.3. The average Bonchev–Trinajstić information content (AvgIpc) is 2.75. The van der Waals surface area contributed by atoms with E-state index in [-0.39, 0.29) is 11.8 Å². The molecule has 0 radical (unpaired) electrons. The van der Waals surface area contributed by atoms with Gasteiger partial charge in [-0.1, -0.05) is 41.9 Å². The van der Waals surface area contributed by atoms with Crippen molar-refractivity contribution in [2.45, 2.75) is 39.5 Å². The number of benzene rings is 2. The van der Waals surface area contributed by atoms with Gasteiger partial charge in [0, 0.05) is 17.6 Å². The van der Waals surface area contributed by atoms with Gasteiger partial charge in [0.2, 0.25) is 0 Å². The molecule has 0 aliphatic carbocycles. The van der Waals surface area contributed by atoms with Gasteiger partial charge in [0.15, 0.2) is 0 Å². The Hall–Kier alpha value is -2.34. The zero-order valence-electron chi connectivity index (χ0n) is 17.6. The first-order valence-electron chi connectivity index (χ1n) is 10.6. The van der Waals surface area contributed by atoms with E-state index in [1.54, 1.807) is 24.3 Å². The maximum absolute atomic E-state index is 13.1. The number of amides is 2. The van der Waals surface area contributed by atoms with E-state index in [9.17, 15) is 9.59 Å². The highest BCUT2D eigenvalue weighted by molar-refractivity contribution is 9.10. The molecule has 6 heteroatoms. The molecule has 5 nitrogen and oxygen atoms in total. The van der Waals surface area contributed by atoms with Gasteiger partial charge in [0.25, 0.3) is 11.8 Å². The minimum absolute atomic E-state index is 0.0340. The van der Waals surface area contributed by atoms with Gasteiger partial charge in [0.1, 0.15) is 5.75 Å². The Bertz CT molecular complexity index is 892. The Morgan fingerprint density at radius 3 is 2.53 bits per heavy atom. The number of nitrogens with one attached hydrogen (secondary N) is 1. The average molecular weight is 473 g/mol. The molecule has 1 N–H and O–H groups in total. The maximum Gasteiger partial charge on any atom is 0.259 e. The van der Waals surface area contributed by atoms with Crippen molar-refractivity contribution < 1.29 is 14.3 Å². The van der Waals surface area contributed by atoms with E-state index >= 15 is 0 Å². The summed E-state index contributed by atoms with van der Waals surface area (Å²) in [6.45, 7) is 6.34. The topological polar surface area (TPSA) is 58.6 Å². The smallest absolute Gasteiger partial charge is 0.259 e. The highest BCUT2D eigenvalue weighted by atomic mass is 79.9. The standard InChI is InChI=1S/C24H29BrN2O3/c1-17(2)12-15-30-22-11-10-18(25)16-20(22)23(28)26-21-9-5-4-8-19(21)24(29)27-13-6-3-7-14-27/h4-5,8-11,16-17H,3,6-7,12-15H2,1-2H3,(H,26,28). The quantitative estimate of drug-likeness (QED) is 0.557. The summed E-state index contributed by atoms with van der Waals surface area (Å²) in [7, 11) is 0. The number of carbonyl (C=O) groups excluding carboxylic acids is 2. The van der Waals surface area contributed by atoms with Crippen LogP contribution < -0.4 is 10.1 Å². The molecular formula is C24H29BrN2O3. The Morgan fingerprint density at radius 2 is 1.80 bits per heavy atom. The number of halogens is 1. The van der Waals surface area contributed by atoms with Gasteiger partial charge >= 0.3 is 0 Å². The highest BCUT2D eigenvalue weighted by Crippen LogP contribution is 2.26. The molecule has 1 heterocycles. The second-order valence-electron chi connectivity index (χ2n) is 8.02. The summed E-state index contributed by atoms with van der Waals surface area (Å²) in [6, 6.07) is 12.6. The zero-order chi connectivity index (χ0) is 21.5. The van der Waals surface area contributed by atoms with Gasteiger partial charge in [0.05, 0.1) is 23.4 Å². The van der Waals surface area contributed by atoms with Crippen LogP contribution in [0.3, 0.4) is 0 Å². The van der Waals surface area contributed by atoms with Gasteiger partial charge in [-0.05, 0) is 61.9 Å². The lowest BCUT2D eigenvalue weighted by Gasteiger charge is -2.27. The molecule has 1 aliphatic heterocycles. The number of nitrogens with zero attached hydrogens (tertiary/aromatic N) is 1. The lowest BCUT2D eigenvalue weighted by molar-refractivity contribution is 0.0725. The van der Waals surface area contributed by atoms with E-state index in [1.165, 1.54) is 0 Å². The molecule has 160 valence electrons. The van der Waals surface area contributed by atoms with E-state index in [0.29, 0.717) is 35.1 Å². The van der Waals surface area contributed by atoms with E-state index in [1.807, 2.05) is 23.1 Å². The largest absolute Gasteiger partial charge is 0.493 e. The van der Waals surface area contributed by atoms with Crippen molar-refractivity contribution >= 4 is 33.4 Å². The summed E-state index contributed by atoms with van der Waals surface area (Å²) in [5, 5.41) is 2.93. The number of piperidine rings is 1. The number of anilines is 1. The third kappa shape index (κ3) is 5.85. The lowest BCUT2D eigenvalue weighted by atomic mass is 10.1. The van der Waals surface area contributed by atoms with Crippen molar-refractivity contribution in [3.63, 3.8) is 0 Å². The molecule has 0 aromatic heterocycles. The Morgan fingerprint density at radius 1 is 1.07 bits per heavy atom. The summed E-state index contributed by atoms with van der Waals surface area (Å²) in [5.41, 5.74) is 1.48. The summed E-state index contributed by atoms with van der Waals surface area (Å²) in [4.78, 5) is 28.0. The second-order valence-corrected chi connectivity index (χ2v) is 8.94. The molecule has 3 rings (SSSR count). The van der Waals surface area contributed by atoms with Crippen molar-refractivity contribution in [1.29, 1.82) is 0 Å². The van der Waals surface area contributed by atoms with Crippen LogP contribution in [0.5, 0.6) is 5.75 Å². The fourth-order valence-corrected chi connectivity index (χ4v) is 3.81. The normalized spacial score (nSPS) is 13.9. The van der Waals surface area contributed by atoms with E-state index < -0.39 is 0 Å². The lowest BCUT2D eigenvalue weighted by Crippen LogP contribution is -2.36. The summed E-state index contributed by atoms with van der Waals surface area (Å²) in [6.07, 6.45) is 4.11. The fourth-order valence-electron chi connectivity index (χ4n) is 3.45. The molecule has 1 aliphatic rings. The SMILES string of the molecule is CC(C)CCOc1ccc(Br)cc1C(=O)Nc1ccccc1C(=O)N1CCCCC1. The van der Waals surface area contributed by atoms with Crippen LogP contribution in [-0.4, -0.2) is 36.4 Å². The molecule has 2 aromatic rings. The highest BCUT2D eigenvalue weighted by Gasteiger charge is 2.22. The molecule has 30 heavy (non-hydrogen) atoms. The van der Waals surface area contributed by atoms with Crippen LogP contribution in [-0.2, 0) is 0 Å². The Labute approximate surface area is 186 Å². The number of hydrogen-bond donors (Lipinski definition) is 1. The number of carbonyl (C=O) groups is 2. The number of ether oxygens (including phenoxy) is 1. The van der Waals surface area contributed by atoms with Gasteiger partial charge in [-0.25, -0.2) is 0 Å². The first-order valence-corrected chi connectivity index (χ1v) is 11.4. The zero-order valence-corrected chi connectivity index (χ0v) is 19.2. The van der Waals surface area contributed by atoms with E-state index in [4.69, 9.17) is 4.74 Å². The van der Waals surface area contributed by atoms with Gasteiger partial charge in [-0.3, -0.25) is 9.59 Å². The van der Waals surface area contributed by atoms with Crippen LogP contribution in [0, 0.1) is 5.92 Å². The van der Waals surface area contributed by atoms with Crippen molar-refractivity contribution in [3.8, 4) is 5.75 Å². The molecule has 1 saturated heterocycles. The predicted octanol–water partition coefficient (Wildman–Crippen LogP) is 5.75. The van der Waals surface area contributed by atoms with Crippen molar-refractivity contribution in [2.75, 3.05) is 25.0 Å². The number of likely N-dealkylation sites (tertiary alicyclic amines) is 1. The molecule has 0 atom stereocenters. The van der Waals surface area contributed by atoms with Crippen molar-refractivity contribution in [3.05, 3.63) is 58.1 Å². The Kier molecular flexibility index (Phi) is 7.91. The van der Waals surface area contributed by atoms with Crippen LogP contribution in [0.15, 0.2) is 46.9 Å². The van der Waals surface area contributed by atoms with E-state index in [2.05, 4.69) is 35.1 Å². The number of para-hydroxylation sites is 1. The number of hydrogen-bond acceptors (Lipinski definition) is 3. The summed E-state index contributed by atoms with van der Waals surface area (Å²) >= 11 is 3.43. The summed E-state index contributed by atoms with van der Waals surface area (Å²) < 4.78 is 6.67. The molecule has 2 aromatic carbocycles. The van der Waals surface area contributed by atoms with Crippen LogP contribution in [0.1, 0.15) is 60.2 Å². The summed E-state index contributed by atoms with van der Waals surface area (Å²) in [5.74, 6) is 0.726. The maximum atomic E-state index is 13.1. The molecule has 1 fully saturated rings. The monoisotopic (exact) mass is 472 g/mol. The van der Waals surface area contributed by atoms with Crippen LogP contribution >= 0.6 is 15.9 Å². The van der Waals surface area contributed by atoms with Gasteiger partial charge in [-0.2, -0.15) is 0 Å². The number of rotatable bonds is 7. The molecule has 0 bridgehead atoms. The van der Waals surface area contributed by atoms with Gasteiger partial charge in [-0.15, -0.1) is 0 Å². The molecular weight excluding hydrogens is 444 g/mol. The molecule has 0 spiro atoms. The third-order valence-corrected chi connectivity index (χ3v) is 5.68. The van der Waals surface area contributed by atoms with Crippen molar-refractivity contribution in [2.24, 2.45) is 5.92 Å². The predicted molar refractivity (Wildman–Crippen MR) is 123 cm³/mol. The second kappa shape index (κ2) is 10.6. The minimum atomic E-state index is -0.297. The molecule has 0 unspecified atom stereocenters. The fraction of sp³-hybridized carbons (Fsp3) is 0.417. The Balaban J connectivity index is 1.79. The van der Waals surface area contributed by atoms with E-state index in [0.717, 1.165) is 43.2 Å². The van der Waals surface area contributed by atoms with Gasteiger partial charge < -0.3 is 15.0 Å². The minimum Gasteiger partial charge on any atom is -0.493 e. The van der Waals surface area contributed by atoms with Crippen LogP contribution in [0.2, 0.25) is 0 Å². The first-order chi connectivity index (χ1) is 14.5.